The minimum absolute atomic E-state index is 0.0243. The van der Waals surface area contributed by atoms with Crippen LogP contribution in [-0.4, -0.2) is 24.9 Å². The van der Waals surface area contributed by atoms with Crippen molar-refractivity contribution in [2.75, 3.05) is 13.1 Å². The third-order valence-corrected chi connectivity index (χ3v) is 3.36. The summed E-state index contributed by atoms with van der Waals surface area (Å²) in [5.41, 5.74) is 0.795. The first-order valence-electron chi connectivity index (χ1n) is 6.38. The van der Waals surface area contributed by atoms with Crippen LogP contribution in [0.1, 0.15) is 19.4 Å². The van der Waals surface area contributed by atoms with Crippen molar-refractivity contribution in [3.05, 3.63) is 33.8 Å². The second kappa shape index (κ2) is 8.12. The van der Waals surface area contributed by atoms with Gasteiger partial charge in [-0.2, -0.15) is 0 Å². The largest absolute Gasteiger partial charge is 0.354 e. The van der Waals surface area contributed by atoms with E-state index in [0.717, 1.165) is 5.56 Å². The van der Waals surface area contributed by atoms with Crippen LogP contribution >= 0.6 is 23.2 Å². The normalized spacial score (nSPS) is 10.4. The number of nitrogens with one attached hydrogen (secondary N) is 2. The maximum absolute atomic E-state index is 11.7. The number of hydrogen-bond acceptors (Lipinski definition) is 2. The van der Waals surface area contributed by atoms with Gasteiger partial charge in [-0.3, -0.25) is 9.59 Å². The Morgan fingerprint density at radius 3 is 2.35 bits per heavy atom. The molecule has 0 atom stereocenters. The van der Waals surface area contributed by atoms with E-state index in [2.05, 4.69) is 10.6 Å². The van der Waals surface area contributed by atoms with Gasteiger partial charge in [0, 0.05) is 19.0 Å². The van der Waals surface area contributed by atoms with Gasteiger partial charge in [-0.15, -0.1) is 0 Å². The first-order chi connectivity index (χ1) is 9.40. The molecule has 0 saturated heterocycles. The van der Waals surface area contributed by atoms with Crippen LogP contribution in [0.15, 0.2) is 18.2 Å². The second-order valence-electron chi connectivity index (χ2n) is 4.72. The zero-order valence-electron chi connectivity index (χ0n) is 11.5. The highest BCUT2D eigenvalue weighted by atomic mass is 35.5. The van der Waals surface area contributed by atoms with E-state index in [4.69, 9.17) is 23.2 Å². The molecule has 0 aliphatic heterocycles. The fourth-order valence-electron chi connectivity index (χ4n) is 1.49. The van der Waals surface area contributed by atoms with Gasteiger partial charge in [-0.25, -0.2) is 0 Å². The monoisotopic (exact) mass is 316 g/mol. The highest BCUT2D eigenvalue weighted by molar-refractivity contribution is 6.42. The minimum atomic E-state index is -0.123. The molecule has 0 fully saturated rings. The lowest BCUT2D eigenvalue weighted by Crippen LogP contribution is -2.36. The SMILES string of the molecule is CC(C)C(=O)NCCNC(=O)Cc1ccc(Cl)c(Cl)c1. The summed E-state index contributed by atoms with van der Waals surface area (Å²) in [4.78, 5) is 23.0. The van der Waals surface area contributed by atoms with E-state index in [1.54, 1.807) is 18.2 Å². The number of hydrogen-bond donors (Lipinski definition) is 2. The van der Waals surface area contributed by atoms with Crippen molar-refractivity contribution in [2.24, 2.45) is 5.92 Å². The van der Waals surface area contributed by atoms with E-state index >= 15 is 0 Å². The molecule has 110 valence electrons. The van der Waals surface area contributed by atoms with Gasteiger partial charge in [0.2, 0.25) is 11.8 Å². The zero-order chi connectivity index (χ0) is 15.1. The Morgan fingerprint density at radius 1 is 1.10 bits per heavy atom. The second-order valence-corrected chi connectivity index (χ2v) is 5.54. The van der Waals surface area contributed by atoms with Gasteiger partial charge in [0.25, 0.3) is 0 Å². The molecule has 0 bridgehead atoms. The number of halogens is 2. The molecule has 1 aromatic carbocycles. The Hall–Kier alpha value is -1.26. The van der Waals surface area contributed by atoms with E-state index in [1.165, 1.54) is 0 Å². The van der Waals surface area contributed by atoms with E-state index in [0.29, 0.717) is 23.1 Å². The third-order valence-electron chi connectivity index (χ3n) is 2.62. The van der Waals surface area contributed by atoms with Crippen molar-refractivity contribution < 1.29 is 9.59 Å². The molecule has 0 aliphatic carbocycles. The average molecular weight is 317 g/mol. The molecule has 2 N–H and O–H groups in total. The lowest BCUT2D eigenvalue weighted by molar-refractivity contribution is -0.124. The molecule has 0 spiro atoms. The van der Waals surface area contributed by atoms with Gasteiger partial charge in [0.1, 0.15) is 0 Å². The van der Waals surface area contributed by atoms with Gasteiger partial charge >= 0.3 is 0 Å². The molecule has 0 saturated carbocycles. The third kappa shape index (κ3) is 5.80. The maximum Gasteiger partial charge on any atom is 0.224 e. The van der Waals surface area contributed by atoms with Crippen molar-refractivity contribution in [1.29, 1.82) is 0 Å². The molecule has 20 heavy (non-hydrogen) atoms. The van der Waals surface area contributed by atoms with Gasteiger partial charge < -0.3 is 10.6 Å². The van der Waals surface area contributed by atoms with E-state index < -0.39 is 0 Å². The van der Waals surface area contributed by atoms with Crippen LogP contribution in [0.5, 0.6) is 0 Å². The molecule has 1 aromatic rings. The summed E-state index contributed by atoms with van der Waals surface area (Å²) in [7, 11) is 0. The summed E-state index contributed by atoms with van der Waals surface area (Å²) in [5, 5.41) is 6.35. The van der Waals surface area contributed by atoms with E-state index in [-0.39, 0.29) is 24.2 Å². The maximum atomic E-state index is 11.7. The predicted molar refractivity (Wildman–Crippen MR) is 81.0 cm³/mol. The van der Waals surface area contributed by atoms with E-state index in [1.807, 2.05) is 13.8 Å². The number of carbonyl (C=O) groups excluding carboxylic acids is 2. The topological polar surface area (TPSA) is 58.2 Å². The van der Waals surface area contributed by atoms with Gasteiger partial charge in [0.05, 0.1) is 16.5 Å². The van der Waals surface area contributed by atoms with Gasteiger partial charge in [-0.05, 0) is 17.7 Å². The van der Waals surface area contributed by atoms with Crippen LogP contribution in [0.3, 0.4) is 0 Å². The fraction of sp³-hybridized carbons (Fsp3) is 0.429. The summed E-state index contributed by atoms with van der Waals surface area (Å²) in [6.45, 7) is 4.46. The van der Waals surface area contributed by atoms with Crippen LogP contribution in [0.25, 0.3) is 0 Å². The molecular formula is C14H18Cl2N2O2. The van der Waals surface area contributed by atoms with Crippen molar-refractivity contribution >= 4 is 35.0 Å². The number of benzene rings is 1. The highest BCUT2D eigenvalue weighted by Crippen LogP contribution is 2.22. The smallest absolute Gasteiger partial charge is 0.224 e. The Bertz CT molecular complexity index is 490. The standard InChI is InChI=1S/C14H18Cl2N2O2/c1-9(2)14(20)18-6-5-17-13(19)8-10-3-4-11(15)12(16)7-10/h3-4,7,9H,5-6,8H2,1-2H3,(H,17,19)(H,18,20). The zero-order valence-corrected chi connectivity index (χ0v) is 13.0. The lowest BCUT2D eigenvalue weighted by atomic mass is 10.1. The summed E-state index contributed by atoms with van der Waals surface area (Å²) < 4.78 is 0. The first kappa shape index (κ1) is 16.8. The van der Waals surface area contributed by atoms with Gasteiger partial charge in [-0.1, -0.05) is 43.1 Å². The Morgan fingerprint density at radius 2 is 1.75 bits per heavy atom. The Kier molecular flexibility index (Phi) is 6.82. The highest BCUT2D eigenvalue weighted by Gasteiger charge is 2.07. The molecule has 0 unspecified atom stereocenters. The van der Waals surface area contributed by atoms with Crippen molar-refractivity contribution in [2.45, 2.75) is 20.3 Å². The summed E-state index contributed by atoms with van der Waals surface area (Å²) >= 11 is 11.7. The molecule has 6 heteroatoms. The number of rotatable bonds is 6. The van der Waals surface area contributed by atoms with Crippen LogP contribution in [0.2, 0.25) is 10.0 Å². The summed E-state index contributed by atoms with van der Waals surface area (Å²) in [5.74, 6) is -0.201. The summed E-state index contributed by atoms with van der Waals surface area (Å²) in [6, 6.07) is 5.09. The van der Waals surface area contributed by atoms with Crippen LogP contribution in [0, 0.1) is 5.92 Å². The molecule has 0 radical (unpaired) electrons. The molecule has 0 heterocycles. The quantitative estimate of drug-likeness (QED) is 0.792. The van der Waals surface area contributed by atoms with Crippen molar-refractivity contribution in [3.8, 4) is 0 Å². The lowest BCUT2D eigenvalue weighted by Gasteiger charge is -2.09. The van der Waals surface area contributed by atoms with Gasteiger partial charge in [0.15, 0.2) is 0 Å². The molecular weight excluding hydrogens is 299 g/mol. The van der Waals surface area contributed by atoms with E-state index in [9.17, 15) is 9.59 Å². The van der Waals surface area contributed by atoms with Crippen LogP contribution in [0.4, 0.5) is 0 Å². The van der Waals surface area contributed by atoms with Crippen molar-refractivity contribution in [1.82, 2.24) is 10.6 Å². The fourth-order valence-corrected chi connectivity index (χ4v) is 1.81. The molecule has 0 aromatic heterocycles. The minimum Gasteiger partial charge on any atom is -0.354 e. The predicted octanol–water partition coefficient (Wildman–Crippen LogP) is 2.42. The van der Waals surface area contributed by atoms with Crippen LogP contribution in [-0.2, 0) is 16.0 Å². The first-order valence-corrected chi connectivity index (χ1v) is 7.14. The molecule has 2 amide bonds. The Labute approximate surface area is 128 Å². The summed E-state index contributed by atoms with van der Waals surface area (Å²) in [6.07, 6.45) is 0.231. The number of carbonyl (C=O) groups is 2. The average Bonchev–Trinajstić information content (AvgIpc) is 2.38. The molecule has 0 aliphatic rings. The molecule has 1 rings (SSSR count). The molecule has 4 nitrogen and oxygen atoms in total. The van der Waals surface area contributed by atoms with Crippen LogP contribution < -0.4 is 10.6 Å². The Balaban J connectivity index is 2.30. The number of amides is 2. The van der Waals surface area contributed by atoms with Crippen molar-refractivity contribution in [3.63, 3.8) is 0 Å².